The minimum absolute atomic E-state index is 0.0326. The van der Waals surface area contributed by atoms with Crippen LogP contribution in [0.2, 0.25) is 0 Å². The van der Waals surface area contributed by atoms with Crippen LogP contribution in [0.1, 0.15) is 28.5 Å². The number of halogens is 1. The fourth-order valence-electron chi connectivity index (χ4n) is 3.47. The van der Waals surface area contributed by atoms with Gasteiger partial charge in [-0.15, -0.1) is 0 Å². The minimum Gasteiger partial charge on any atom is -0.338 e. The molecular weight excluding hydrogens is 418 g/mol. The van der Waals surface area contributed by atoms with E-state index in [1.165, 1.54) is 6.92 Å². The van der Waals surface area contributed by atoms with Crippen molar-refractivity contribution in [3.63, 3.8) is 0 Å². The van der Waals surface area contributed by atoms with E-state index < -0.39 is 0 Å². The number of carbonyl (C=O) groups is 2. The lowest BCUT2D eigenvalue weighted by atomic mass is 10.1. The first-order valence-electron chi connectivity index (χ1n) is 8.76. The second kappa shape index (κ2) is 7.10. The van der Waals surface area contributed by atoms with Crippen LogP contribution in [0.3, 0.4) is 0 Å². The maximum atomic E-state index is 13.3. The highest BCUT2D eigenvalue weighted by Crippen LogP contribution is 2.32. The normalized spacial score (nSPS) is 12.8. The van der Waals surface area contributed by atoms with Crippen molar-refractivity contribution in [1.29, 1.82) is 5.26 Å². The van der Waals surface area contributed by atoms with Crippen LogP contribution >= 0.6 is 15.9 Å². The monoisotopic (exact) mass is 433 g/mol. The molecule has 6 heteroatoms. The molecule has 0 bridgehead atoms. The first-order chi connectivity index (χ1) is 13.5. The number of Topliss-reactive ketones (excluding diaryl/α,β-unsaturated/α-hetero) is 1. The van der Waals surface area contributed by atoms with Crippen LogP contribution in [0.15, 0.2) is 59.2 Å². The quantitative estimate of drug-likeness (QED) is 0.614. The largest absolute Gasteiger partial charge is 0.338 e. The summed E-state index contributed by atoms with van der Waals surface area (Å²) in [7, 11) is 0. The lowest BCUT2D eigenvalue weighted by molar-refractivity contribution is -0.115. The standard InChI is InChI=1S/C22H16BrN3O2/c1-14(27)11-26-20-7-6-19(23)8-18(20)13-25-12-17(9-21(25)22(26)28)16-4-2-15(10-24)3-5-16/h2-9,12H,11,13H2,1H3. The zero-order chi connectivity index (χ0) is 19.8. The van der Waals surface area contributed by atoms with Crippen LogP contribution in [-0.4, -0.2) is 22.8 Å². The number of hydrogen-bond acceptors (Lipinski definition) is 3. The first kappa shape index (κ1) is 18.2. The van der Waals surface area contributed by atoms with Crippen molar-refractivity contribution in [2.45, 2.75) is 13.5 Å². The van der Waals surface area contributed by atoms with Crippen molar-refractivity contribution >= 4 is 33.3 Å². The van der Waals surface area contributed by atoms with Crippen LogP contribution in [-0.2, 0) is 11.3 Å². The van der Waals surface area contributed by atoms with Gasteiger partial charge in [0.05, 0.1) is 18.2 Å². The molecule has 5 nitrogen and oxygen atoms in total. The molecular formula is C22H16BrN3O2. The fourth-order valence-corrected chi connectivity index (χ4v) is 3.88. The summed E-state index contributed by atoms with van der Waals surface area (Å²) in [6.45, 7) is 2.04. The average molecular weight is 434 g/mol. The molecule has 0 N–H and O–H groups in total. The van der Waals surface area contributed by atoms with E-state index in [1.807, 2.05) is 47.2 Å². The smallest absolute Gasteiger partial charge is 0.275 e. The maximum Gasteiger partial charge on any atom is 0.275 e. The molecule has 1 aliphatic heterocycles. The Labute approximate surface area is 170 Å². The van der Waals surface area contributed by atoms with Gasteiger partial charge in [-0.3, -0.25) is 14.5 Å². The molecule has 0 unspecified atom stereocenters. The van der Waals surface area contributed by atoms with Gasteiger partial charge < -0.3 is 4.57 Å². The molecule has 1 aliphatic rings. The highest BCUT2D eigenvalue weighted by Gasteiger charge is 2.28. The number of ketones is 1. The van der Waals surface area contributed by atoms with E-state index in [9.17, 15) is 9.59 Å². The summed E-state index contributed by atoms with van der Waals surface area (Å²) in [5.74, 6) is -0.272. The van der Waals surface area contributed by atoms with Crippen molar-refractivity contribution in [3.8, 4) is 17.2 Å². The van der Waals surface area contributed by atoms with E-state index in [0.29, 0.717) is 17.8 Å². The topological polar surface area (TPSA) is 66.1 Å². The zero-order valence-electron chi connectivity index (χ0n) is 15.1. The second-order valence-corrected chi connectivity index (χ2v) is 7.71. The Morgan fingerprint density at radius 3 is 2.57 bits per heavy atom. The van der Waals surface area contributed by atoms with Gasteiger partial charge in [-0.05, 0) is 54.4 Å². The number of amides is 1. The van der Waals surface area contributed by atoms with Gasteiger partial charge in [0.15, 0.2) is 0 Å². The van der Waals surface area contributed by atoms with E-state index in [0.717, 1.165) is 26.9 Å². The van der Waals surface area contributed by atoms with E-state index in [1.54, 1.807) is 17.0 Å². The number of fused-ring (bicyclic) bond motifs is 2. The number of carbonyl (C=O) groups excluding carboxylic acids is 2. The predicted octanol–water partition coefficient (Wildman–Crippen LogP) is 4.39. The first-order valence-corrected chi connectivity index (χ1v) is 9.56. The van der Waals surface area contributed by atoms with Gasteiger partial charge >= 0.3 is 0 Å². The van der Waals surface area contributed by atoms with Gasteiger partial charge in [0.25, 0.3) is 5.91 Å². The molecule has 1 aromatic heterocycles. The van der Waals surface area contributed by atoms with Crippen molar-refractivity contribution in [1.82, 2.24) is 4.57 Å². The zero-order valence-corrected chi connectivity index (χ0v) is 16.7. The van der Waals surface area contributed by atoms with Crippen LogP contribution in [0.25, 0.3) is 11.1 Å². The molecule has 0 spiro atoms. The number of nitrogens with zero attached hydrogens (tertiary/aromatic N) is 3. The number of anilines is 1. The SMILES string of the molecule is CC(=O)CN1C(=O)c2cc(-c3ccc(C#N)cc3)cn2Cc2cc(Br)ccc21. The molecule has 0 aliphatic carbocycles. The van der Waals surface area contributed by atoms with Gasteiger partial charge in [0, 0.05) is 28.5 Å². The molecule has 2 heterocycles. The van der Waals surface area contributed by atoms with Gasteiger partial charge in [0.1, 0.15) is 11.5 Å². The molecule has 28 heavy (non-hydrogen) atoms. The number of benzene rings is 2. The molecule has 138 valence electrons. The summed E-state index contributed by atoms with van der Waals surface area (Å²) in [4.78, 5) is 26.6. The Balaban J connectivity index is 1.82. The molecule has 0 saturated heterocycles. The lowest BCUT2D eigenvalue weighted by Gasteiger charge is -2.21. The van der Waals surface area contributed by atoms with Crippen molar-refractivity contribution in [2.24, 2.45) is 0 Å². The highest BCUT2D eigenvalue weighted by molar-refractivity contribution is 9.10. The number of hydrogen-bond donors (Lipinski definition) is 0. The van der Waals surface area contributed by atoms with E-state index in [4.69, 9.17) is 5.26 Å². The van der Waals surface area contributed by atoms with E-state index in [-0.39, 0.29) is 18.2 Å². The van der Waals surface area contributed by atoms with Gasteiger partial charge in [-0.25, -0.2) is 0 Å². The molecule has 0 fully saturated rings. The predicted molar refractivity (Wildman–Crippen MR) is 110 cm³/mol. The van der Waals surface area contributed by atoms with Crippen LogP contribution in [0.5, 0.6) is 0 Å². The van der Waals surface area contributed by atoms with Crippen molar-refractivity contribution in [3.05, 3.63) is 76.0 Å². The van der Waals surface area contributed by atoms with Gasteiger partial charge in [0.2, 0.25) is 0 Å². The van der Waals surface area contributed by atoms with Crippen molar-refractivity contribution < 1.29 is 9.59 Å². The Kier molecular flexibility index (Phi) is 4.62. The molecule has 1 amide bonds. The number of aromatic nitrogens is 1. The summed E-state index contributed by atoms with van der Waals surface area (Å²) in [5, 5.41) is 8.98. The third-order valence-corrected chi connectivity index (χ3v) is 5.26. The van der Waals surface area contributed by atoms with Gasteiger partial charge in [-0.2, -0.15) is 5.26 Å². The number of nitriles is 1. The Morgan fingerprint density at radius 2 is 1.89 bits per heavy atom. The van der Waals surface area contributed by atoms with Crippen LogP contribution in [0.4, 0.5) is 5.69 Å². The molecule has 2 aromatic carbocycles. The second-order valence-electron chi connectivity index (χ2n) is 6.80. The molecule has 3 aromatic rings. The third-order valence-electron chi connectivity index (χ3n) is 4.76. The third kappa shape index (κ3) is 3.25. The Hall–Kier alpha value is -3.17. The van der Waals surface area contributed by atoms with Gasteiger partial charge in [-0.1, -0.05) is 28.1 Å². The van der Waals surface area contributed by atoms with E-state index >= 15 is 0 Å². The van der Waals surface area contributed by atoms with Crippen LogP contribution in [0, 0.1) is 11.3 Å². The molecule has 4 rings (SSSR count). The lowest BCUT2D eigenvalue weighted by Crippen LogP contribution is -2.35. The molecule has 0 radical (unpaired) electrons. The average Bonchev–Trinajstić information content (AvgIpc) is 3.06. The summed E-state index contributed by atoms with van der Waals surface area (Å²) in [6.07, 6.45) is 1.94. The summed E-state index contributed by atoms with van der Waals surface area (Å²) >= 11 is 3.49. The molecule has 0 atom stereocenters. The molecule has 0 saturated carbocycles. The van der Waals surface area contributed by atoms with E-state index in [2.05, 4.69) is 22.0 Å². The van der Waals surface area contributed by atoms with Crippen LogP contribution < -0.4 is 4.90 Å². The highest BCUT2D eigenvalue weighted by atomic mass is 79.9. The van der Waals surface area contributed by atoms with Crippen molar-refractivity contribution in [2.75, 3.05) is 11.4 Å². The summed E-state index contributed by atoms with van der Waals surface area (Å²) in [6, 6.07) is 16.9. The summed E-state index contributed by atoms with van der Waals surface area (Å²) < 4.78 is 2.84. The Morgan fingerprint density at radius 1 is 1.14 bits per heavy atom. The Bertz CT molecular complexity index is 1140. The summed E-state index contributed by atoms with van der Waals surface area (Å²) in [5.41, 5.74) is 4.67. The minimum atomic E-state index is -0.198. The fraction of sp³-hybridized carbons (Fsp3) is 0.136. The number of rotatable bonds is 3. The maximum absolute atomic E-state index is 13.3.